The maximum absolute atomic E-state index is 13.1. The zero-order valence-electron chi connectivity index (χ0n) is 18.9. The third-order valence-corrected chi connectivity index (χ3v) is 7.01. The van der Waals surface area contributed by atoms with Gasteiger partial charge >= 0.3 is 0 Å². The van der Waals surface area contributed by atoms with Crippen LogP contribution < -0.4 is 10.2 Å². The quantitative estimate of drug-likeness (QED) is 0.132. The largest absolute Gasteiger partial charge is 0.488 e. The Kier molecular flexibility index (Phi) is 8.64. The van der Waals surface area contributed by atoms with Gasteiger partial charge in [-0.1, -0.05) is 89.9 Å². The molecule has 0 fully saturated rings. The van der Waals surface area contributed by atoms with Crippen molar-refractivity contribution in [3.63, 3.8) is 0 Å². The van der Waals surface area contributed by atoms with Crippen LogP contribution >= 0.6 is 45.8 Å². The smallest absolute Gasteiger partial charge is 0.281 e. The standard InChI is InChI=1S/C28H21Cl2IN2O3/c29-23-13-11-20(15-24(23)30)18-36-26-14-12-19(16-25(26)31)17-32-33-27(34)28(35,21-7-3-1-4-8-21)22-9-5-2-6-10-22/h1-17,35H,18H2,(H,33,34)/b32-17+. The maximum atomic E-state index is 13.1. The zero-order valence-corrected chi connectivity index (χ0v) is 22.5. The van der Waals surface area contributed by atoms with Gasteiger partial charge in [0, 0.05) is 0 Å². The molecule has 8 heteroatoms. The van der Waals surface area contributed by atoms with E-state index in [2.05, 4.69) is 33.1 Å². The second-order valence-corrected chi connectivity index (χ2v) is 9.85. The van der Waals surface area contributed by atoms with E-state index in [9.17, 15) is 9.90 Å². The number of hydrazone groups is 1. The third-order valence-electron chi connectivity index (χ3n) is 5.43. The number of nitrogens with one attached hydrogen (secondary N) is 1. The molecular weight excluding hydrogens is 610 g/mol. The molecule has 0 radical (unpaired) electrons. The lowest BCUT2D eigenvalue weighted by atomic mass is 9.85. The highest BCUT2D eigenvalue weighted by atomic mass is 127. The van der Waals surface area contributed by atoms with Crippen LogP contribution in [0.2, 0.25) is 10.0 Å². The summed E-state index contributed by atoms with van der Waals surface area (Å²) in [4.78, 5) is 13.1. The van der Waals surface area contributed by atoms with Gasteiger partial charge in [0.25, 0.3) is 5.91 Å². The first-order valence-electron chi connectivity index (χ1n) is 10.9. The molecule has 0 aromatic heterocycles. The minimum absolute atomic E-state index is 0.341. The number of rotatable bonds is 8. The van der Waals surface area contributed by atoms with Crippen LogP contribution in [0.5, 0.6) is 5.75 Å². The van der Waals surface area contributed by atoms with Crippen molar-refractivity contribution in [2.75, 3.05) is 0 Å². The van der Waals surface area contributed by atoms with Gasteiger partial charge in [0.2, 0.25) is 0 Å². The summed E-state index contributed by atoms with van der Waals surface area (Å²) in [6, 6.07) is 28.4. The van der Waals surface area contributed by atoms with E-state index in [1.807, 2.05) is 36.4 Å². The Morgan fingerprint density at radius 1 is 0.917 bits per heavy atom. The summed E-state index contributed by atoms with van der Waals surface area (Å²) in [6.07, 6.45) is 1.51. The summed E-state index contributed by atoms with van der Waals surface area (Å²) in [5.41, 5.74) is 3.14. The Bertz CT molecular complexity index is 1340. The average Bonchev–Trinajstić information content (AvgIpc) is 2.90. The van der Waals surface area contributed by atoms with E-state index in [-0.39, 0.29) is 0 Å². The highest BCUT2D eigenvalue weighted by Crippen LogP contribution is 2.30. The summed E-state index contributed by atoms with van der Waals surface area (Å²) in [5, 5.41) is 16.5. The van der Waals surface area contributed by atoms with Crippen molar-refractivity contribution in [3.05, 3.63) is 133 Å². The van der Waals surface area contributed by atoms with E-state index in [1.165, 1.54) is 6.21 Å². The van der Waals surface area contributed by atoms with Crippen molar-refractivity contribution in [2.45, 2.75) is 12.2 Å². The van der Waals surface area contributed by atoms with Crippen molar-refractivity contribution in [1.82, 2.24) is 5.43 Å². The molecule has 36 heavy (non-hydrogen) atoms. The summed E-state index contributed by atoms with van der Waals surface area (Å²) in [7, 11) is 0. The number of carbonyl (C=O) groups excluding carboxylic acids is 1. The monoisotopic (exact) mass is 630 g/mol. The SMILES string of the molecule is O=C(N/N=C/c1ccc(OCc2ccc(Cl)c(Cl)c2)c(I)c1)C(O)(c1ccccc1)c1ccccc1. The number of carbonyl (C=O) groups is 1. The zero-order chi connectivity index (χ0) is 25.5. The fourth-order valence-electron chi connectivity index (χ4n) is 3.54. The minimum Gasteiger partial charge on any atom is -0.488 e. The number of benzene rings is 4. The molecule has 5 nitrogen and oxygen atoms in total. The molecule has 0 atom stereocenters. The molecule has 0 spiro atoms. The van der Waals surface area contributed by atoms with Crippen LogP contribution in [-0.4, -0.2) is 17.2 Å². The van der Waals surface area contributed by atoms with Gasteiger partial charge in [-0.3, -0.25) is 4.79 Å². The molecule has 0 saturated carbocycles. The van der Waals surface area contributed by atoms with Gasteiger partial charge in [-0.2, -0.15) is 5.10 Å². The molecule has 2 N–H and O–H groups in total. The number of halogens is 3. The summed E-state index contributed by atoms with van der Waals surface area (Å²) in [5.74, 6) is 0.0396. The van der Waals surface area contributed by atoms with Crippen LogP contribution in [0.25, 0.3) is 0 Å². The molecule has 0 aliphatic carbocycles. The van der Waals surface area contributed by atoms with Gasteiger partial charge in [-0.05, 0) is 75.2 Å². The number of nitrogens with zero attached hydrogens (tertiary/aromatic N) is 1. The molecule has 4 aromatic rings. The molecule has 0 aliphatic rings. The average molecular weight is 631 g/mol. The van der Waals surface area contributed by atoms with Crippen LogP contribution in [-0.2, 0) is 17.0 Å². The molecule has 182 valence electrons. The minimum atomic E-state index is -1.89. The Hall–Kier alpha value is -2.91. The Balaban J connectivity index is 1.45. The highest BCUT2D eigenvalue weighted by molar-refractivity contribution is 14.1. The highest BCUT2D eigenvalue weighted by Gasteiger charge is 2.39. The molecule has 0 aliphatic heterocycles. The molecule has 0 bridgehead atoms. The first-order valence-corrected chi connectivity index (χ1v) is 12.7. The Labute approximate surface area is 232 Å². The lowest BCUT2D eigenvalue weighted by Gasteiger charge is -2.27. The second kappa shape index (κ2) is 11.9. The van der Waals surface area contributed by atoms with E-state index in [1.54, 1.807) is 60.7 Å². The molecule has 0 saturated heterocycles. The number of hydrogen-bond acceptors (Lipinski definition) is 4. The molecule has 0 heterocycles. The van der Waals surface area contributed by atoms with Gasteiger partial charge in [-0.25, -0.2) is 5.43 Å². The van der Waals surface area contributed by atoms with Gasteiger partial charge in [0.05, 0.1) is 19.8 Å². The molecule has 0 unspecified atom stereocenters. The number of aliphatic hydroxyl groups is 1. The number of amides is 1. The lowest BCUT2D eigenvalue weighted by Crippen LogP contribution is -2.43. The van der Waals surface area contributed by atoms with Gasteiger partial charge in [0.1, 0.15) is 12.4 Å². The van der Waals surface area contributed by atoms with Crippen molar-refractivity contribution in [3.8, 4) is 5.75 Å². The van der Waals surface area contributed by atoms with Crippen LogP contribution in [0, 0.1) is 3.57 Å². The molecule has 4 rings (SSSR count). The lowest BCUT2D eigenvalue weighted by molar-refractivity contribution is -0.136. The van der Waals surface area contributed by atoms with Crippen LogP contribution in [0.4, 0.5) is 0 Å². The van der Waals surface area contributed by atoms with E-state index < -0.39 is 11.5 Å². The molecule has 1 amide bonds. The Morgan fingerprint density at radius 3 is 2.14 bits per heavy atom. The third kappa shape index (κ3) is 6.07. The summed E-state index contributed by atoms with van der Waals surface area (Å²) in [6.45, 7) is 0.341. The van der Waals surface area contributed by atoms with Crippen molar-refractivity contribution in [1.29, 1.82) is 0 Å². The molecular formula is C28H21Cl2IN2O3. The summed E-state index contributed by atoms with van der Waals surface area (Å²) < 4.78 is 6.77. The predicted octanol–water partition coefficient (Wildman–Crippen LogP) is 6.56. The fraction of sp³-hybridized carbons (Fsp3) is 0.0714. The first kappa shape index (κ1) is 26.2. The van der Waals surface area contributed by atoms with Crippen molar-refractivity contribution >= 4 is 57.9 Å². The van der Waals surface area contributed by atoms with Gasteiger partial charge in [0.15, 0.2) is 5.60 Å². The van der Waals surface area contributed by atoms with E-state index in [0.29, 0.717) is 33.5 Å². The van der Waals surface area contributed by atoms with Crippen LogP contribution in [0.3, 0.4) is 0 Å². The predicted molar refractivity (Wildman–Crippen MR) is 152 cm³/mol. The van der Waals surface area contributed by atoms with Gasteiger partial charge < -0.3 is 9.84 Å². The maximum Gasteiger partial charge on any atom is 0.281 e. The van der Waals surface area contributed by atoms with E-state index >= 15 is 0 Å². The summed E-state index contributed by atoms with van der Waals surface area (Å²) >= 11 is 14.2. The number of ether oxygens (including phenoxy) is 1. The van der Waals surface area contributed by atoms with Crippen LogP contribution in [0.1, 0.15) is 22.3 Å². The van der Waals surface area contributed by atoms with Crippen molar-refractivity contribution in [2.24, 2.45) is 5.10 Å². The van der Waals surface area contributed by atoms with Crippen molar-refractivity contribution < 1.29 is 14.6 Å². The second-order valence-electron chi connectivity index (χ2n) is 7.87. The van der Waals surface area contributed by atoms with Gasteiger partial charge in [-0.15, -0.1) is 0 Å². The Morgan fingerprint density at radius 2 is 1.56 bits per heavy atom. The fourth-order valence-corrected chi connectivity index (χ4v) is 4.55. The number of hydrogen-bond donors (Lipinski definition) is 2. The van der Waals surface area contributed by atoms with Crippen LogP contribution in [0.15, 0.2) is 102 Å². The first-order chi connectivity index (χ1) is 17.4. The topological polar surface area (TPSA) is 70.9 Å². The molecule has 4 aromatic carbocycles. The normalized spacial score (nSPS) is 11.4. The van der Waals surface area contributed by atoms with E-state index in [0.717, 1.165) is 14.7 Å². The van der Waals surface area contributed by atoms with E-state index in [4.69, 9.17) is 27.9 Å².